The standard InChI is InChI=1S/C21H25N3O5S/c1-14-11-12-17(24(26)27)13-20(14)23(30(3,28)29)15(2)21(25)22-19-10-6-8-16-7-4-5-9-18(16)19/h4-5,7,9,11-13,15,19H,6,8,10H2,1-3H3,(H,22,25)/t15-,19-/m1/s1. The van der Waals surface area contributed by atoms with Crippen molar-refractivity contribution in [2.24, 2.45) is 0 Å². The second-order valence-electron chi connectivity index (χ2n) is 7.61. The molecule has 2 aromatic carbocycles. The van der Waals surface area contributed by atoms with E-state index in [9.17, 15) is 23.3 Å². The highest BCUT2D eigenvalue weighted by Gasteiger charge is 2.33. The third-order valence-electron chi connectivity index (χ3n) is 5.42. The molecule has 0 saturated carbocycles. The van der Waals surface area contributed by atoms with E-state index in [4.69, 9.17) is 0 Å². The molecular weight excluding hydrogens is 406 g/mol. The van der Waals surface area contributed by atoms with Crippen LogP contribution in [-0.4, -0.2) is 31.5 Å². The van der Waals surface area contributed by atoms with Crippen molar-refractivity contribution in [2.45, 2.75) is 45.2 Å². The van der Waals surface area contributed by atoms with E-state index in [0.29, 0.717) is 5.56 Å². The molecule has 0 radical (unpaired) electrons. The van der Waals surface area contributed by atoms with E-state index in [2.05, 4.69) is 5.32 Å². The van der Waals surface area contributed by atoms with Crippen molar-refractivity contribution in [3.63, 3.8) is 0 Å². The van der Waals surface area contributed by atoms with Crippen molar-refractivity contribution in [3.05, 3.63) is 69.3 Å². The van der Waals surface area contributed by atoms with Gasteiger partial charge >= 0.3 is 0 Å². The number of nitrogens with zero attached hydrogens (tertiary/aromatic N) is 2. The highest BCUT2D eigenvalue weighted by molar-refractivity contribution is 7.92. The van der Waals surface area contributed by atoms with Crippen LogP contribution in [0.15, 0.2) is 42.5 Å². The molecule has 0 aliphatic heterocycles. The van der Waals surface area contributed by atoms with Gasteiger partial charge in [0.25, 0.3) is 5.69 Å². The normalized spacial score (nSPS) is 17.0. The molecule has 1 amide bonds. The highest BCUT2D eigenvalue weighted by Crippen LogP contribution is 2.31. The first kappa shape index (κ1) is 21.8. The zero-order valence-corrected chi connectivity index (χ0v) is 18.0. The minimum Gasteiger partial charge on any atom is -0.347 e. The SMILES string of the molecule is Cc1ccc([N+](=O)[O-])cc1N([C@H](C)C(=O)N[C@@H]1CCCc2ccccc21)S(C)(=O)=O. The van der Waals surface area contributed by atoms with E-state index in [0.717, 1.165) is 35.4 Å². The first-order valence-corrected chi connectivity index (χ1v) is 11.6. The number of benzene rings is 2. The number of nitro benzene ring substituents is 1. The lowest BCUT2D eigenvalue weighted by Gasteiger charge is -2.32. The molecule has 0 aromatic heterocycles. The molecule has 3 rings (SSSR count). The van der Waals surface area contributed by atoms with Gasteiger partial charge in [0.15, 0.2) is 0 Å². The number of nitro groups is 1. The average molecular weight is 432 g/mol. The number of sulfonamides is 1. The van der Waals surface area contributed by atoms with Gasteiger partial charge in [-0.15, -0.1) is 0 Å². The average Bonchev–Trinajstić information content (AvgIpc) is 2.68. The Labute approximate surface area is 176 Å². The van der Waals surface area contributed by atoms with Crippen LogP contribution in [0.3, 0.4) is 0 Å². The molecule has 9 heteroatoms. The van der Waals surface area contributed by atoms with Gasteiger partial charge in [-0.25, -0.2) is 8.42 Å². The minimum atomic E-state index is -3.88. The lowest BCUT2D eigenvalue weighted by atomic mass is 9.87. The van der Waals surface area contributed by atoms with Gasteiger partial charge in [0, 0.05) is 12.1 Å². The van der Waals surface area contributed by atoms with Crippen LogP contribution in [0.2, 0.25) is 0 Å². The molecule has 30 heavy (non-hydrogen) atoms. The van der Waals surface area contributed by atoms with Crippen LogP contribution in [0.25, 0.3) is 0 Å². The number of anilines is 1. The quantitative estimate of drug-likeness (QED) is 0.558. The Kier molecular flexibility index (Phi) is 6.12. The largest absolute Gasteiger partial charge is 0.347 e. The zero-order chi connectivity index (χ0) is 22.1. The summed E-state index contributed by atoms with van der Waals surface area (Å²) in [6.45, 7) is 3.14. The Morgan fingerprint density at radius 1 is 1.27 bits per heavy atom. The second kappa shape index (κ2) is 8.43. The molecule has 8 nitrogen and oxygen atoms in total. The van der Waals surface area contributed by atoms with Crippen molar-refractivity contribution >= 4 is 27.3 Å². The Morgan fingerprint density at radius 2 is 1.97 bits per heavy atom. The van der Waals surface area contributed by atoms with Gasteiger partial charge in [-0.2, -0.15) is 0 Å². The zero-order valence-electron chi connectivity index (χ0n) is 17.2. The van der Waals surface area contributed by atoms with Crippen LogP contribution < -0.4 is 9.62 Å². The molecule has 1 aliphatic rings. The summed E-state index contributed by atoms with van der Waals surface area (Å²) in [6.07, 6.45) is 3.63. The Morgan fingerprint density at radius 3 is 2.63 bits per heavy atom. The molecule has 1 N–H and O–H groups in total. The lowest BCUT2D eigenvalue weighted by Crippen LogP contribution is -2.49. The molecule has 0 fully saturated rings. The van der Waals surface area contributed by atoms with Crippen LogP contribution in [-0.2, 0) is 21.2 Å². The number of carbonyl (C=O) groups is 1. The molecule has 2 atom stereocenters. The summed E-state index contributed by atoms with van der Waals surface area (Å²) in [4.78, 5) is 23.6. The number of nitrogens with one attached hydrogen (secondary N) is 1. The maximum Gasteiger partial charge on any atom is 0.271 e. The molecule has 0 bridgehead atoms. The van der Waals surface area contributed by atoms with E-state index < -0.39 is 26.9 Å². The monoisotopic (exact) mass is 431 g/mol. The van der Waals surface area contributed by atoms with Crippen molar-refractivity contribution < 1.29 is 18.1 Å². The minimum absolute atomic E-state index is 0.124. The second-order valence-corrected chi connectivity index (χ2v) is 9.47. The van der Waals surface area contributed by atoms with Gasteiger partial charge in [0.1, 0.15) is 6.04 Å². The third-order valence-corrected chi connectivity index (χ3v) is 6.64. The van der Waals surface area contributed by atoms with Crippen molar-refractivity contribution in [1.29, 1.82) is 0 Å². The fraction of sp³-hybridized carbons (Fsp3) is 0.381. The van der Waals surface area contributed by atoms with E-state index in [1.807, 2.05) is 24.3 Å². The summed E-state index contributed by atoms with van der Waals surface area (Å²) in [5, 5.41) is 14.2. The summed E-state index contributed by atoms with van der Waals surface area (Å²) in [5.74, 6) is -0.451. The fourth-order valence-electron chi connectivity index (χ4n) is 3.93. The molecule has 0 saturated heterocycles. The van der Waals surface area contributed by atoms with Crippen molar-refractivity contribution in [1.82, 2.24) is 5.32 Å². The number of hydrogen-bond acceptors (Lipinski definition) is 5. The van der Waals surface area contributed by atoms with E-state index in [-0.39, 0.29) is 17.4 Å². The topological polar surface area (TPSA) is 110 Å². The van der Waals surface area contributed by atoms with Crippen LogP contribution >= 0.6 is 0 Å². The highest BCUT2D eigenvalue weighted by atomic mass is 32.2. The summed E-state index contributed by atoms with van der Waals surface area (Å²) >= 11 is 0. The predicted molar refractivity (Wildman–Crippen MR) is 115 cm³/mol. The Balaban J connectivity index is 1.92. The Bertz CT molecular complexity index is 1080. The van der Waals surface area contributed by atoms with Gasteiger partial charge in [0.2, 0.25) is 15.9 Å². The van der Waals surface area contributed by atoms with Crippen molar-refractivity contribution in [2.75, 3.05) is 10.6 Å². The number of amides is 1. The van der Waals surface area contributed by atoms with E-state index in [1.54, 1.807) is 6.92 Å². The number of rotatable bonds is 6. The number of aryl methyl sites for hydroxylation is 2. The van der Waals surface area contributed by atoms with Gasteiger partial charge in [-0.1, -0.05) is 30.3 Å². The fourth-order valence-corrected chi connectivity index (χ4v) is 5.15. The van der Waals surface area contributed by atoms with Crippen LogP contribution in [0.4, 0.5) is 11.4 Å². The van der Waals surface area contributed by atoms with Gasteiger partial charge in [0.05, 0.1) is 22.9 Å². The summed E-state index contributed by atoms with van der Waals surface area (Å²) < 4.78 is 26.1. The Hall–Kier alpha value is -2.94. The first-order valence-electron chi connectivity index (χ1n) is 9.72. The van der Waals surface area contributed by atoms with E-state index in [1.165, 1.54) is 30.7 Å². The summed E-state index contributed by atoms with van der Waals surface area (Å²) in [5.41, 5.74) is 2.63. The number of fused-ring (bicyclic) bond motifs is 1. The molecular formula is C21H25N3O5S. The summed E-state index contributed by atoms with van der Waals surface area (Å²) in [6, 6.07) is 10.6. The predicted octanol–water partition coefficient (Wildman–Crippen LogP) is 3.25. The molecule has 0 spiro atoms. The van der Waals surface area contributed by atoms with Crippen LogP contribution in [0, 0.1) is 17.0 Å². The number of non-ortho nitro benzene ring substituents is 1. The molecule has 160 valence electrons. The van der Waals surface area contributed by atoms with Gasteiger partial charge in [-0.3, -0.25) is 19.2 Å². The van der Waals surface area contributed by atoms with Crippen LogP contribution in [0.1, 0.15) is 42.5 Å². The summed E-state index contributed by atoms with van der Waals surface area (Å²) in [7, 11) is -3.88. The van der Waals surface area contributed by atoms with Gasteiger partial charge < -0.3 is 5.32 Å². The lowest BCUT2D eigenvalue weighted by molar-refractivity contribution is -0.384. The number of carbonyl (C=O) groups excluding carboxylic acids is 1. The smallest absolute Gasteiger partial charge is 0.271 e. The maximum atomic E-state index is 13.1. The molecule has 1 aliphatic carbocycles. The first-order chi connectivity index (χ1) is 14.1. The molecule has 0 unspecified atom stereocenters. The number of hydrogen-bond donors (Lipinski definition) is 1. The molecule has 2 aromatic rings. The third kappa shape index (κ3) is 4.46. The maximum absolute atomic E-state index is 13.1. The van der Waals surface area contributed by atoms with E-state index >= 15 is 0 Å². The van der Waals surface area contributed by atoms with Gasteiger partial charge in [-0.05, 0) is 49.8 Å². The van der Waals surface area contributed by atoms with Crippen molar-refractivity contribution in [3.8, 4) is 0 Å². The molecule has 0 heterocycles. The van der Waals surface area contributed by atoms with Crippen LogP contribution in [0.5, 0.6) is 0 Å².